The van der Waals surface area contributed by atoms with E-state index >= 15 is 0 Å². The summed E-state index contributed by atoms with van der Waals surface area (Å²) in [6.45, 7) is 2.50. The van der Waals surface area contributed by atoms with E-state index in [1.807, 2.05) is 6.92 Å². The SMILES string of the molecule is CCN1C(=O)Cc2cc(NS(=O)(=O)Cc3ccc(OC)c(OC)c3)ccc21. The van der Waals surface area contributed by atoms with Crippen LogP contribution in [0.5, 0.6) is 11.5 Å². The van der Waals surface area contributed by atoms with Crippen LogP contribution in [-0.2, 0) is 27.0 Å². The lowest BCUT2D eigenvalue weighted by molar-refractivity contribution is -0.117. The van der Waals surface area contributed by atoms with E-state index in [4.69, 9.17) is 9.47 Å². The normalized spacial score (nSPS) is 13.4. The summed E-state index contributed by atoms with van der Waals surface area (Å²) in [6, 6.07) is 10.2. The van der Waals surface area contributed by atoms with Crippen LogP contribution in [0.1, 0.15) is 18.1 Å². The average molecular weight is 390 g/mol. The molecule has 1 heterocycles. The van der Waals surface area contributed by atoms with E-state index in [-0.39, 0.29) is 18.1 Å². The second-order valence-corrected chi connectivity index (χ2v) is 7.93. The van der Waals surface area contributed by atoms with Crippen molar-refractivity contribution in [2.24, 2.45) is 0 Å². The number of hydrogen-bond donors (Lipinski definition) is 1. The van der Waals surface area contributed by atoms with Gasteiger partial charge in [0.1, 0.15) is 0 Å². The van der Waals surface area contributed by atoms with Gasteiger partial charge in [-0.1, -0.05) is 6.07 Å². The number of nitrogens with zero attached hydrogens (tertiary/aromatic N) is 1. The first kappa shape index (κ1) is 19.0. The van der Waals surface area contributed by atoms with Crippen LogP contribution >= 0.6 is 0 Å². The Morgan fingerprint density at radius 2 is 1.81 bits per heavy atom. The number of carbonyl (C=O) groups is 1. The maximum Gasteiger partial charge on any atom is 0.236 e. The van der Waals surface area contributed by atoms with Gasteiger partial charge in [-0.2, -0.15) is 0 Å². The molecule has 8 heteroatoms. The molecule has 0 bridgehead atoms. The molecule has 0 saturated heterocycles. The zero-order valence-electron chi connectivity index (χ0n) is 15.5. The quantitative estimate of drug-likeness (QED) is 0.785. The van der Waals surface area contributed by atoms with E-state index in [0.717, 1.165) is 11.3 Å². The fraction of sp³-hybridized carbons (Fsp3) is 0.316. The Bertz CT molecular complexity index is 972. The van der Waals surface area contributed by atoms with E-state index < -0.39 is 10.0 Å². The number of ether oxygens (including phenoxy) is 2. The lowest BCUT2D eigenvalue weighted by Crippen LogP contribution is -2.25. The molecule has 0 unspecified atom stereocenters. The van der Waals surface area contributed by atoms with Crippen LogP contribution in [-0.4, -0.2) is 35.1 Å². The van der Waals surface area contributed by atoms with Gasteiger partial charge in [-0.25, -0.2) is 8.42 Å². The number of likely N-dealkylation sites (N-methyl/N-ethyl adjacent to an activating group) is 1. The number of hydrogen-bond acceptors (Lipinski definition) is 5. The molecule has 1 N–H and O–H groups in total. The van der Waals surface area contributed by atoms with Crippen LogP contribution in [0.15, 0.2) is 36.4 Å². The first-order valence-electron chi connectivity index (χ1n) is 8.51. The molecule has 0 aliphatic carbocycles. The summed E-state index contributed by atoms with van der Waals surface area (Å²) in [4.78, 5) is 13.7. The summed E-state index contributed by atoms with van der Waals surface area (Å²) < 4.78 is 38.1. The van der Waals surface area contributed by atoms with Gasteiger partial charge in [-0.15, -0.1) is 0 Å². The molecular formula is C19H22N2O5S. The Balaban J connectivity index is 1.78. The summed E-state index contributed by atoms with van der Waals surface area (Å²) in [5.41, 5.74) is 2.69. The van der Waals surface area contributed by atoms with Crippen LogP contribution in [0, 0.1) is 0 Å². The Labute approximate surface area is 158 Å². The molecule has 7 nitrogen and oxygen atoms in total. The molecule has 3 rings (SSSR count). The number of amides is 1. The third kappa shape index (κ3) is 4.00. The molecule has 1 amide bonds. The predicted molar refractivity (Wildman–Crippen MR) is 104 cm³/mol. The van der Waals surface area contributed by atoms with Crippen molar-refractivity contribution in [3.63, 3.8) is 0 Å². The van der Waals surface area contributed by atoms with Crippen molar-refractivity contribution in [1.82, 2.24) is 0 Å². The molecule has 1 aliphatic rings. The Morgan fingerprint density at radius 1 is 1.07 bits per heavy atom. The highest BCUT2D eigenvalue weighted by Gasteiger charge is 2.26. The molecule has 0 fully saturated rings. The van der Waals surface area contributed by atoms with Crippen LogP contribution < -0.4 is 19.1 Å². The Morgan fingerprint density at radius 3 is 2.48 bits per heavy atom. The minimum absolute atomic E-state index is 0.0258. The van der Waals surface area contributed by atoms with E-state index in [1.54, 1.807) is 41.3 Å². The van der Waals surface area contributed by atoms with E-state index in [0.29, 0.717) is 29.3 Å². The number of anilines is 2. The van der Waals surface area contributed by atoms with Crippen molar-refractivity contribution in [1.29, 1.82) is 0 Å². The number of methoxy groups -OCH3 is 2. The van der Waals surface area contributed by atoms with Crippen molar-refractivity contribution >= 4 is 27.3 Å². The lowest BCUT2D eigenvalue weighted by atomic mass is 10.1. The molecule has 0 radical (unpaired) electrons. The third-order valence-electron chi connectivity index (χ3n) is 4.41. The largest absolute Gasteiger partial charge is 0.493 e. The topological polar surface area (TPSA) is 84.9 Å². The molecule has 1 aliphatic heterocycles. The van der Waals surface area contributed by atoms with Gasteiger partial charge in [0.15, 0.2) is 11.5 Å². The summed E-state index contributed by atoms with van der Waals surface area (Å²) in [5, 5.41) is 0. The van der Waals surface area contributed by atoms with Crippen LogP contribution in [0.2, 0.25) is 0 Å². The van der Waals surface area contributed by atoms with Gasteiger partial charge in [0.05, 0.1) is 26.4 Å². The first-order chi connectivity index (χ1) is 12.9. The molecule has 0 saturated carbocycles. The zero-order valence-corrected chi connectivity index (χ0v) is 16.3. The van der Waals surface area contributed by atoms with Gasteiger partial charge in [-0.3, -0.25) is 9.52 Å². The molecular weight excluding hydrogens is 368 g/mol. The zero-order chi connectivity index (χ0) is 19.6. The van der Waals surface area contributed by atoms with Crippen molar-refractivity contribution < 1.29 is 22.7 Å². The molecule has 144 valence electrons. The molecule has 27 heavy (non-hydrogen) atoms. The second-order valence-electron chi connectivity index (χ2n) is 6.21. The number of sulfonamides is 1. The van der Waals surface area contributed by atoms with Crippen LogP contribution in [0.4, 0.5) is 11.4 Å². The van der Waals surface area contributed by atoms with Crippen molar-refractivity contribution in [3.8, 4) is 11.5 Å². The first-order valence-corrected chi connectivity index (χ1v) is 10.2. The lowest BCUT2D eigenvalue weighted by Gasteiger charge is -2.15. The van der Waals surface area contributed by atoms with Crippen molar-refractivity contribution in [2.75, 3.05) is 30.4 Å². The fourth-order valence-corrected chi connectivity index (χ4v) is 4.38. The number of nitrogens with one attached hydrogen (secondary N) is 1. The van der Waals surface area contributed by atoms with Gasteiger partial charge in [-0.05, 0) is 48.4 Å². The number of benzene rings is 2. The van der Waals surface area contributed by atoms with Gasteiger partial charge >= 0.3 is 0 Å². The standard InChI is InChI=1S/C19H22N2O5S/c1-4-21-16-7-6-15(10-14(16)11-19(21)22)20-27(23,24)12-13-5-8-17(25-2)18(9-13)26-3/h5-10,20H,4,11-12H2,1-3H3. The van der Waals surface area contributed by atoms with Crippen LogP contribution in [0.3, 0.4) is 0 Å². The second kappa shape index (κ2) is 7.48. The smallest absolute Gasteiger partial charge is 0.236 e. The third-order valence-corrected chi connectivity index (χ3v) is 5.67. The summed E-state index contributed by atoms with van der Waals surface area (Å²) in [6.07, 6.45) is 0.286. The Hall–Kier alpha value is -2.74. The molecule has 2 aromatic rings. The van der Waals surface area contributed by atoms with E-state index in [9.17, 15) is 13.2 Å². The molecule has 0 spiro atoms. The number of carbonyl (C=O) groups excluding carboxylic acids is 1. The Kier molecular flexibility index (Phi) is 5.27. The summed E-state index contributed by atoms with van der Waals surface area (Å²) in [5.74, 6) is 0.832. The van der Waals surface area contributed by atoms with Crippen LogP contribution in [0.25, 0.3) is 0 Å². The average Bonchev–Trinajstić information content (AvgIpc) is 2.94. The van der Waals surface area contributed by atoms with Gasteiger partial charge in [0, 0.05) is 17.9 Å². The fourth-order valence-electron chi connectivity index (χ4n) is 3.20. The number of rotatable bonds is 7. The van der Waals surface area contributed by atoms with E-state index in [1.165, 1.54) is 14.2 Å². The van der Waals surface area contributed by atoms with Gasteiger partial charge in [0.25, 0.3) is 0 Å². The highest BCUT2D eigenvalue weighted by molar-refractivity contribution is 7.91. The maximum atomic E-state index is 12.5. The monoisotopic (exact) mass is 390 g/mol. The van der Waals surface area contributed by atoms with E-state index in [2.05, 4.69) is 4.72 Å². The molecule has 0 aromatic heterocycles. The summed E-state index contributed by atoms with van der Waals surface area (Å²) in [7, 11) is -0.605. The highest BCUT2D eigenvalue weighted by Crippen LogP contribution is 2.32. The summed E-state index contributed by atoms with van der Waals surface area (Å²) >= 11 is 0. The van der Waals surface area contributed by atoms with Gasteiger partial charge < -0.3 is 14.4 Å². The minimum atomic E-state index is -3.63. The number of fused-ring (bicyclic) bond motifs is 1. The predicted octanol–water partition coefficient (Wildman–Crippen LogP) is 2.55. The maximum absolute atomic E-state index is 12.5. The molecule has 2 aromatic carbocycles. The molecule has 0 atom stereocenters. The van der Waals surface area contributed by atoms with Crippen molar-refractivity contribution in [2.45, 2.75) is 19.1 Å². The highest BCUT2D eigenvalue weighted by atomic mass is 32.2. The van der Waals surface area contributed by atoms with Gasteiger partial charge in [0.2, 0.25) is 15.9 Å². The minimum Gasteiger partial charge on any atom is -0.493 e. The van der Waals surface area contributed by atoms with Crippen molar-refractivity contribution in [3.05, 3.63) is 47.5 Å².